The molecule has 0 unspecified atom stereocenters. The number of halogens is 3. The van der Waals surface area contributed by atoms with Crippen molar-refractivity contribution in [1.82, 2.24) is 0 Å². The Labute approximate surface area is 162 Å². The first-order valence-corrected chi connectivity index (χ1v) is 9.50. The molecular formula is C21H13BrF2OS. The molecule has 0 aliphatic carbocycles. The van der Waals surface area contributed by atoms with Crippen LogP contribution in [-0.4, -0.2) is 7.11 Å². The van der Waals surface area contributed by atoms with E-state index >= 15 is 0 Å². The number of hydrogen-bond donors (Lipinski definition) is 0. The van der Waals surface area contributed by atoms with Crippen LogP contribution in [0.25, 0.3) is 31.7 Å². The van der Waals surface area contributed by atoms with E-state index in [2.05, 4.69) is 15.9 Å². The van der Waals surface area contributed by atoms with Gasteiger partial charge in [-0.25, -0.2) is 8.78 Å². The lowest BCUT2D eigenvalue weighted by molar-refractivity contribution is 0.420. The van der Waals surface area contributed by atoms with Gasteiger partial charge < -0.3 is 4.74 Å². The second kappa shape index (κ2) is 6.82. The molecule has 0 N–H and O–H groups in total. The highest BCUT2D eigenvalue weighted by atomic mass is 79.9. The molecule has 130 valence electrons. The standard InChI is InChI=1S/C21H13BrF2OS/c1-25-18-4-2-3-15-19(12-5-8-14(22)9-6-12)20(26-21(15)18)13-7-10-16(23)17(24)11-13/h2-11H,1H3. The molecule has 4 aromatic rings. The van der Waals surface area contributed by atoms with Crippen molar-refractivity contribution in [1.29, 1.82) is 0 Å². The number of rotatable bonds is 3. The predicted octanol–water partition coefficient (Wildman–Crippen LogP) is 7.28. The molecule has 0 aliphatic heterocycles. The molecule has 0 saturated heterocycles. The van der Waals surface area contributed by atoms with Gasteiger partial charge in [0, 0.05) is 20.3 Å². The third kappa shape index (κ3) is 2.91. The average Bonchev–Trinajstić information content (AvgIpc) is 3.04. The van der Waals surface area contributed by atoms with E-state index in [0.29, 0.717) is 5.56 Å². The Morgan fingerprint density at radius 2 is 1.62 bits per heavy atom. The fraction of sp³-hybridized carbons (Fsp3) is 0.0476. The maximum atomic E-state index is 13.9. The molecule has 0 atom stereocenters. The first kappa shape index (κ1) is 17.2. The van der Waals surface area contributed by atoms with Crippen LogP contribution in [0.5, 0.6) is 5.75 Å². The van der Waals surface area contributed by atoms with Crippen LogP contribution >= 0.6 is 27.3 Å². The molecule has 0 fully saturated rings. The van der Waals surface area contributed by atoms with Crippen LogP contribution in [0.1, 0.15) is 0 Å². The molecule has 5 heteroatoms. The molecule has 3 aromatic carbocycles. The molecule has 1 aromatic heterocycles. The quantitative estimate of drug-likeness (QED) is 0.331. The monoisotopic (exact) mass is 430 g/mol. The van der Waals surface area contributed by atoms with Gasteiger partial charge in [-0.05, 0) is 41.5 Å². The van der Waals surface area contributed by atoms with Gasteiger partial charge in [0.05, 0.1) is 11.8 Å². The summed E-state index contributed by atoms with van der Waals surface area (Å²) in [5.74, 6) is -0.939. The molecule has 26 heavy (non-hydrogen) atoms. The molecule has 1 nitrogen and oxygen atoms in total. The first-order chi connectivity index (χ1) is 12.6. The van der Waals surface area contributed by atoms with Crippen LogP contribution in [0, 0.1) is 11.6 Å². The zero-order chi connectivity index (χ0) is 18.3. The molecule has 0 aliphatic rings. The maximum absolute atomic E-state index is 13.9. The zero-order valence-corrected chi connectivity index (χ0v) is 16.1. The van der Waals surface area contributed by atoms with Crippen molar-refractivity contribution in [2.24, 2.45) is 0 Å². The lowest BCUT2D eigenvalue weighted by Crippen LogP contribution is -1.86. The van der Waals surface area contributed by atoms with E-state index in [0.717, 1.165) is 42.4 Å². The van der Waals surface area contributed by atoms with Crippen molar-refractivity contribution in [3.63, 3.8) is 0 Å². The van der Waals surface area contributed by atoms with Crippen molar-refractivity contribution in [3.8, 4) is 27.3 Å². The van der Waals surface area contributed by atoms with E-state index < -0.39 is 11.6 Å². The van der Waals surface area contributed by atoms with Gasteiger partial charge in [0.2, 0.25) is 0 Å². The largest absolute Gasteiger partial charge is 0.495 e. The Bertz CT molecular complexity index is 1100. The van der Waals surface area contributed by atoms with Gasteiger partial charge >= 0.3 is 0 Å². The number of benzene rings is 3. The fourth-order valence-corrected chi connectivity index (χ4v) is 4.57. The van der Waals surface area contributed by atoms with E-state index in [1.807, 2.05) is 42.5 Å². The third-order valence-corrected chi connectivity index (χ3v) is 6.01. The van der Waals surface area contributed by atoms with Gasteiger partial charge in [-0.15, -0.1) is 11.3 Å². The van der Waals surface area contributed by atoms with E-state index in [1.54, 1.807) is 13.2 Å². The lowest BCUT2D eigenvalue weighted by Gasteiger charge is -2.07. The Morgan fingerprint density at radius 1 is 0.885 bits per heavy atom. The average molecular weight is 431 g/mol. The third-order valence-electron chi connectivity index (χ3n) is 4.21. The molecule has 0 spiro atoms. The highest BCUT2D eigenvalue weighted by Crippen LogP contribution is 2.47. The van der Waals surface area contributed by atoms with Gasteiger partial charge in [-0.2, -0.15) is 0 Å². The Hall–Kier alpha value is -2.24. The highest BCUT2D eigenvalue weighted by molar-refractivity contribution is 9.10. The molecule has 0 amide bonds. The van der Waals surface area contributed by atoms with Gasteiger partial charge in [0.15, 0.2) is 11.6 Å². The van der Waals surface area contributed by atoms with Crippen LogP contribution in [0.3, 0.4) is 0 Å². The number of hydrogen-bond acceptors (Lipinski definition) is 2. The molecular weight excluding hydrogens is 418 g/mol. The second-order valence-corrected chi connectivity index (χ2v) is 7.72. The minimum atomic E-state index is -0.853. The molecule has 0 bridgehead atoms. The summed E-state index contributed by atoms with van der Waals surface area (Å²) in [6.45, 7) is 0. The summed E-state index contributed by atoms with van der Waals surface area (Å²) < 4.78 is 34.7. The maximum Gasteiger partial charge on any atom is 0.159 e. The lowest BCUT2D eigenvalue weighted by atomic mass is 9.98. The van der Waals surface area contributed by atoms with Gasteiger partial charge in [-0.3, -0.25) is 0 Å². The summed E-state index contributed by atoms with van der Waals surface area (Å²) in [5.41, 5.74) is 2.64. The Balaban J connectivity index is 2.06. The van der Waals surface area contributed by atoms with Crippen molar-refractivity contribution < 1.29 is 13.5 Å². The Kier molecular flexibility index (Phi) is 4.51. The Morgan fingerprint density at radius 3 is 2.31 bits per heavy atom. The summed E-state index contributed by atoms with van der Waals surface area (Å²) in [6, 6.07) is 17.8. The van der Waals surface area contributed by atoms with E-state index in [4.69, 9.17) is 4.74 Å². The minimum Gasteiger partial charge on any atom is -0.495 e. The predicted molar refractivity (Wildman–Crippen MR) is 107 cm³/mol. The normalized spacial score (nSPS) is 11.1. The summed E-state index contributed by atoms with van der Waals surface area (Å²) in [6.07, 6.45) is 0. The summed E-state index contributed by atoms with van der Waals surface area (Å²) in [4.78, 5) is 0.880. The number of fused-ring (bicyclic) bond motifs is 1. The summed E-state index contributed by atoms with van der Waals surface area (Å²) >= 11 is 4.97. The van der Waals surface area contributed by atoms with E-state index in [9.17, 15) is 8.78 Å². The van der Waals surface area contributed by atoms with Crippen molar-refractivity contribution in [2.75, 3.05) is 7.11 Å². The smallest absolute Gasteiger partial charge is 0.159 e. The van der Waals surface area contributed by atoms with Crippen LogP contribution < -0.4 is 4.74 Å². The molecule has 0 radical (unpaired) electrons. The van der Waals surface area contributed by atoms with Crippen LogP contribution in [-0.2, 0) is 0 Å². The molecule has 4 rings (SSSR count). The minimum absolute atomic E-state index is 0.644. The van der Waals surface area contributed by atoms with Crippen molar-refractivity contribution in [3.05, 3.63) is 76.8 Å². The highest BCUT2D eigenvalue weighted by Gasteiger charge is 2.19. The summed E-state index contributed by atoms with van der Waals surface area (Å²) in [5, 5.41) is 1.02. The molecule has 1 heterocycles. The van der Waals surface area contributed by atoms with Gasteiger partial charge in [0.1, 0.15) is 5.75 Å². The number of ether oxygens (including phenoxy) is 1. The van der Waals surface area contributed by atoms with Crippen LogP contribution in [0.4, 0.5) is 8.78 Å². The molecule has 0 saturated carbocycles. The zero-order valence-electron chi connectivity index (χ0n) is 13.7. The SMILES string of the molecule is COc1cccc2c(-c3ccc(Br)cc3)c(-c3ccc(F)c(F)c3)sc12. The topological polar surface area (TPSA) is 9.23 Å². The van der Waals surface area contributed by atoms with E-state index in [-0.39, 0.29) is 0 Å². The van der Waals surface area contributed by atoms with Crippen molar-refractivity contribution >= 4 is 37.4 Å². The number of methoxy groups -OCH3 is 1. The van der Waals surface area contributed by atoms with Crippen LogP contribution in [0.2, 0.25) is 0 Å². The van der Waals surface area contributed by atoms with Gasteiger partial charge in [0.25, 0.3) is 0 Å². The van der Waals surface area contributed by atoms with Crippen LogP contribution in [0.15, 0.2) is 65.1 Å². The number of thiophene rings is 1. The fourth-order valence-electron chi connectivity index (χ4n) is 3.00. The second-order valence-electron chi connectivity index (χ2n) is 5.78. The van der Waals surface area contributed by atoms with E-state index in [1.165, 1.54) is 17.4 Å². The summed E-state index contributed by atoms with van der Waals surface area (Å²) in [7, 11) is 1.63. The van der Waals surface area contributed by atoms with Crippen molar-refractivity contribution in [2.45, 2.75) is 0 Å². The van der Waals surface area contributed by atoms with Gasteiger partial charge in [-0.1, -0.05) is 46.3 Å². The first-order valence-electron chi connectivity index (χ1n) is 7.89.